The van der Waals surface area contributed by atoms with Crippen LogP contribution >= 0.6 is 0 Å². The van der Waals surface area contributed by atoms with Gasteiger partial charge >= 0.3 is 0 Å². The third-order valence-electron chi connectivity index (χ3n) is 6.51. The van der Waals surface area contributed by atoms with Crippen LogP contribution in [0.4, 0.5) is 5.69 Å². The summed E-state index contributed by atoms with van der Waals surface area (Å²) in [7, 11) is -3.31. The Morgan fingerprint density at radius 2 is 1.79 bits per heavy atom. The van der Waals surface area contributed by atoms with Crippen LogP contribution < -0.4 is 10.0 Å². The maximum Gasteiger partial charge on any atom is 0.230 e. The van der Waals surface area contributed by atoms with Gasteiger partial charge in [-0.2, -0.15) is 0 Å². The van der Waals surface area contributed by atoms with E-state index in [1.165, 1.54) is 19.3 Å². The predicted octanol–water partition coefficient (Wildman–Crippen LogP) is 3.25. The molecule has 1 aliphatic carbocycles. The molecule has 1 saturated heterocycles. The van der Waals surface area contributed by atoms with Crippen LogP contribution in [0.1, 0.15) is 63.9 Å². The molecule has 3 rings (SSSR count). The van der Waals surface area contributed by atoms with Crippen molar-refractivity contribution in [2.24, 2.45) is 0 Å². The van der Waals surface area contributed by atoms with E-state index in [1.807, 2.05) is 12.1 Å². The van der Waals surface area contributed by atoms with Crippen molar-refractivity contribution in [2.45, 2.75) is 69.7 Å². The molecule has 2 fully saturated rings. The summed E-state index contributed by atoms with van der Waals surface area (Å²) in [6, 6.07) is 7.93. The minimum Gasteiger partial charge on any atom is -0.354 e. The lowest BCUT2D eigenvalue weighted by molar-refractivity contribution is -0.128. The first-order valence-electron chi connectivity index (χ1n) is 10.9. The van der Waals surface area contributed by atoms with E-state index in [9.17, 15) is 13.2 Å². The molecule has 0 aromatic heterocycles. The quantitative estimate of drug-likeness (QED) is 0.708. The van der Waals surface area contributed by atoms with E-state index in [0.29, 0.717) is 18.3 Å². The molecule has 1 aromatic rings. The Kier molecular flexibility index (Phi) is 7.22. The number of likely N-dealkylation sites (tertiary alicyclic amines) is 1. The molecule has 29 heavy (non-hydrogen) atoms. The van der Waals surface area contributed by atoms with Crippen molar-refractivity contribution in [1.82, 2.24) is 10.2 Å². The van der Waals surface area contributed by atoms with Gasteiger partial charge in [0.25, 0.3) is 0 Å². The van der Waals surface area contributed by atoms with E-state index in [-0.39, 0.29) is 5.91 Å². The molecular formula is C22H35N3O3S. The number of rotatable bonds is 7. The molecule has 7 heteroatoms. The van der Waals surface area contributed by atoms with Gasteiger partial charge in [0.15, 0.2) is 0 Å². The van der Waals surface area contributed by atoms with Crippen LogP contribution in [0.2, 0.25) is 0 Å². The molecule has 6 nitrogen and oxygen atoms in total. The van der Waals surface area contributed by atoms with Gasteiger partial charge in [-0.05, 0) is 56.8 Å². The molecule has 1 unspecified atom stereocenters. The fraction of sp³-hybridized carbons (Fsp3) is 0.682. The van der Waals surface area contributed by atoms with Gasteiger partial charge in [0.2, 0.25) is 15.9 Å². The Bertz CT molecular complexity index is 786. The Morgan fingerprint density at radius 1 is 1.10 bits per heavy atom. The number of nitrogens with zero attached hydrogens (tertiary/aromatic N) is 1. The summed E-state index contributed by atoms with van der Waals surface area (Å²) in [6.45, 7) is 4.98. The first kappa shape index (κ1) is 22.1. The number of hydrogen-bond acceptors (Lipinski definition) is 4. The third-order valence-corrected chi connectivity index (χ3v) is 7.11. The normalized spacial score (nSPS) is 22.8. The summed E-state index contributed by atoms with van der Waals surface area (Å²) in [4.78, 5) is 15.8. The number of carbonyl (C=O) groups excluding carboxylic acids is 1. The fourth-order valence-corrected chi connectivity index (χ4v) is 5.41. The third kappa shape index (κ3) is 5.72. The summed E-state index contributed by atoms with van der Waals surface area (Å²) in [5, 5.41) is 3.22. The van der Waals surface area contributed by atoms with Crippen LogP contribution in [-0.4, -0.2) is 51.2 Å². The highest BCUT2D eigenvalue weighted by Crippen LogP contribution is 2.40. The molecule has 1 heterocycles. The minimum absolute atomic E-state index is 0.116. The molecule has 1 atom stereocenters. The van der Waals surface area contributed by atoms with Crippen LogP contribution in [0.3, 0.4) is 0 Å². The number of benzene rings is 1. The molecule has 0 spiro atoms. The van der Waals surface area contributed by atoms with E-state index < -0.39 is 15.4 Å². The van der Waals surface area contributed by atoms with Crippen molar-refractivity contribution in [3.05, 3.63) is 29.8 Å². The van der Waals surface area contributed by atoms with Gasteiger partial charge in [0.05, 0.1) is 11.7 Å². The first-order valence-corrected chi connectivity index (χ1v) is 12.8. The van der Waals surface area contributed by atoms with Crippen molar-refractivity contribution >= 4 is 21.6 Å². The van der Waals surface area contributed by atoms with Crippen LogP contribution in [0, 0.1) is 0 Å². The maximum atomic E-state index is 13.3. The lowest BCUT2D eigenvalue weighted by Crippen LogP contribution is -2.49. The second kappa shape index (κ2) is 9.47. The smallest absolute Gasteiger partial charge is 0.230 e. The van der Waals surface area contributed by atoms with Crippen molar-refractivity contribution in [1.29, 1.82) is 0 Å². The molecule has 0 radical (unpaired) electrons. The monoisotopic (exact) mass is 421 g/mol. The van der Waals surface area contributed by atoms with Crippen LogP contribution in [0.25, 0.3) is 0 Å². The largest absolute Gasteiger partial charge is 0.354 e. The minimum atomic E-state index is -3.31. The summed E-state index contributed by atoms with van der Waals surface area (Å²) in [6.07, 6.45) is 9.86. The zero-order chi connectivity index (χ0) is 20.9. The second-order valence-electron chi connectivity index (χ2n) is 8.73. The van der Waals surface area contributed by atoms with Crippen LogP contribution in [0.15, 0.2) is 24.3 Å². The van der Waals surface area contributed by atoms with Gasteiger partial charge in [-0.1, -0.05) is 37.8 Å². The second-order valence-corrected chi connectivity index (χ2v) is 10.5. The summed E-state index contributed by atoms with van der Waals surface area (Å²) < 4.78 is 25.4. The van der Waals surface area contributed by atoms with Gasteiger partial charge < -0.3 is 5.32 Å². The average molecular weight is 422 g/mol. The highest BCUT2D eigenvalue weighted by molar-refractivity contribution is 7.92. The summed E-state index contributed by atoms with van der Waals surface area (Å²) in [5.74, 6) is 0.116. The zero-order valence-corrected chi connectivity index (χ0v) is 18.6. The van der Waals surface area contributed by atoms with Crippen molar-refractivity contribution < 1.29 is 13.2 Å². The topological polar surface area (TPSA) is 78.5 Å². The predicted molar refractivity (Wildman–Crippen MR) is 118 cm³/mol. The highest BCUT2D eigenvalue weighted by atomic mass is 32.2. The van der Waals surface area contributed by atoms with Crippen molar-refractivity contribution in [3.63, 3.8) is 0 Å². The maximum absolute atomic E-state index is 13.3. The Hall–Kier alpha value is -1.60. The molecule has 1 aliphatic heterocycles. The van der Waals surface area contributed by atoms with Gasteiger partial charge in [-0.15, -0.1) is 0 Å². The lowest BCUT2D eigenvalue weighted by atomic mass is 9.68. The Morgan fingerprint density at radius 3 is 2.41 bits per heavy atom. The lowest BCUT2D eigenvalue weighted by Gasteiger charge is -2.37. The number of anilines is 1. The zero-order valence-electron chi connectivity index (χ0n) is 17.7. The van der Waals surface area contributed by atoms with Gasteiger partial charge in [0, 0.05) is 24.8 Å². The van der Waals surface area contributed by atoms with Crippen molar-refractivity contribution in [2.75, 3.05) is 30.6 Å². The van der Waals surface area contributed by atoms with Gasteiger partial charge in [0.1, 0.15) is 0 Å². The number of amides is 1. The van der Waals surface area contributed by atoms with Crippen LogP contribution in [0.5, 0.6) is 0 Å². The molecular weight excluding hydrogens is 386 g/mol. The molecule has 0 bridgehead atoms. The van der Waals surface area contributed by atoms with E-state index >= 15 is 0 Å². The number of piperidine rings is 1. The summed E-state index contributed by atoms with van der Waals surface area (Å²) in [5.41, 5.74) is 1.01. The molecule has 2 aliphatic rings. The summed E-state index contributed by atoms with van der Waals surface area (Å²) >= 11 is 0. The number of nitrogens with one attached hydrogen (secondary N) is 2. The average Bonchev–Trinajstić information content (AvgIpc) is 2.69. The SMILES string of the molecule is CC1CCCCN1CCNC(=O)C1(c2ccc(NS(C)(=O)=O)cc2)CCCCC1. The fourth-order valence-electron chi connectivity index (χ4n) is 4.85. The van der Waals surface area contributed by atoms with E-state index in [4.69, 9.17) is 0 Å². The molecule has 1 amide bonds. The van der Waals surface area contributed by atoms with Crippen LogP contribution in [-0.2, 0) is 20.2 Å². The molecule has 1 saturated carbocycles. The first-order chi connectivity index (χ1) is 13.8. The molecule has 2 N–H and O–H groups in total. The number of sulfonamides is 1. The standard InChI is InChI=1S/C22H35N3O3S/c1-18-8-4-7-16-25(18)17-15-23-21(26)22(13-5-3-6-14-22)19-9-11-20(12-10-19)24-29(2,27)28/h9-12,18,24H,3-8,13-17H2,1-2H3,(H,23,26). The molecule has 1 aromatic carbocycles. The van der Waals surface area contributed by atoms with Gasteiger partial charge in [-0.25, -0.2) is 8.42 Å². The van der Waals surface area contributed by atoms with E-state index in [1.54, 1.807) is 12.1 Å². The van der Waals surface area contributed by atoms with E-state index in [0.717, 1.165) is 57.0 Å². The number of hydrogen-bond donors (Lipinski definition) is 2. The van der Waals surface area contributed by atoms with Crippen molar-refractivity contribution in [3.8, 4) is 0 Å². The highest BCUT2D eigenvalue weighted by Gasteiger charge is 2.41. The Labute approximate surface area is 175 Å². The molecule has 162 valence electrons. The number of carbonyl (C=O) groups is 1. The van der Waals surface area contributed by atoms with Gasteiger partial charge in [-0.3, -0.25) is 14.4 Å². The van der Waals surface area contributed by atoms with E-state index in [2.05, 4.69) is 21.9 Å². The Balaban J connectivity index is 1.68.